The molecule has 0 bridgehead atoms. The molecule has 9 heteroatoms. The third-order valence-corrected chi connectivity index (χ3v) is 6.40. The van der Waals surface area contributed by atoms with Crippen LogP contribution in [0.2, 0.25) is 0 Å². The number of amides is 1. The molecule has 1 aliphatic heterocycles. The molecular formula is C25H27N5O4. The second-order valence-corrected chi connectivity index (χ2v) is 8.30. The zero-order chi connectivity index (χ0) is 23.7. The number of carbonyl (C=O) groups excluding carboxylic acids is 1. The number of carbonyl (C=O) groups is 1. The Balaban J connectivity index is 1.28. The van der Waals surface area contributed by atoms with Crippen LogP contribution in [0.5, 0.6) is 11.5 Å². The number of methoxy groups -OCH3 is 2. The number of hydrogen-bond acceptors (Lipinski definition) is 6. The summed E-state index contributed by atoms with van der Waals surface area (Å²) in [6, 6.07) is 13.8. The molecule has 1 amide bonds. The van der Waals surface area contributed by atoms with Crippen molar-refractivity contribution in [2.24, 2.45) is 0 Å². The zero-order valence-electron chi connectivity index (χ0n) is 19.3. The van der Waals surface area contributed by atoms with E-state index in [2.05, 4.69) is 27.0 Å². The van der Waals surface area contributed by atoms with Crippen molar-refractivity contribution in [3.8, 4) is 11.5 Å². The number of piperazine rings is 1. The van der Waals surface area contributed by atoms with E-state index in [1.807, 2.05) is 29.2 Å². The van der Waals surface area contributed by atoms with E-state index < -0.39 is 0 Å². The molecule has 176 valence electrons. The molecule has 2 aromatic heterocycles. The molecule has 0 saturated carbocycles. The highest BCUT2D eigenvalue weighted by atomic mass is 16.5. The van der Waals surface area contributed by atoms with Crippen molar-refractivity contribution in [1.82, 2.24) is 19.4 Å². The number of nitrogens with zero attached hydrogens (tertiary/aromatic N) is 4. The molecule has 1 aliphatic rings. The third-order valence-electron chi connectivity index (χ3n) is 6.40. The van der Waals surface area contributed by atoms with Crippen molar-refractivity contribution in [1.29, 1.82) is 0 Å². The lowest BCUT2D eigenvalue weighted by Crippen LogP contribution is -2.49. The van der Waals surface area contributed by atoms with Crippen molar-refractivity contribution in [2.45, 2.75) is 13.0 Å². The average molecular weight is 462 g/mol. The minimum absolute atomic E-state index is 0.0471. The summed E-state index contributed by atoms with van der Waals surface area (Å²) in [6.45, 7) is 3.22. The summed E-state index contributed by atoms with van der Waals surface area (Å²) in [4.78, 5) is 37.7. The predicted molar refractivity (Wildman–Crippen MR) is 131 cm³/mol. The Morgan fingerprint density at radius 1 is 1.03 bits per heavy atom. The van der Waals surface area contributed by atoms with Gasteiger partial charge >= 0.3 is 0 Å². The SMILES string of the molecule is COc1cc2[nH]c3c(=O)n(CCC(=O)N4CCN(c5ccccc5)CC4)cnc3c2cc1OC. The van der Waals surface area contributed by atoms with Crippen molar-refractivity contribution in [3.05, 3.63) is 59.1 Å². The van der Waals surface area contributed by atoms with E-state index in [-0.39, 0.29) is 24.4 Å². The molecule has 4 aromatic rings. The van der Waals surface area contributed by atoms with Gasteiger partial charge in [0.2, 0.25) is 5.91 Å². The van der Waals surface area contributed by atoms with Crippen molar-refractivity contribution in [3.63, 3.8) is 0 Å². The molecule has 0 spiro atoms. The standard InChI is InChI=1S/C25H27N5O4/c1-33-20-14-18-19(15-21(20)34-2)27-24-23(18)26-16-30(25(24)32)9-8-22(31)29-12-10-28(11-13-29)17-6-4-3-5-7-17/h3-7,14-16,27H,8-13H2,1-2H3. The van der Waals surface area contributed by atoms with Crippen molar-refractivity contribution in [2.75, 3.05) is 45.3 Å². The molecule has 1 saturated heterocycles. The lowest BCUT2D eigenvalue weighted by molar-refractivity contribution is -0.131. The molecule has 0 radical (unpaired) electrons. The first-order chi connectivity index (χ1) is 16.6. The summed E-state index contributed by atoms with van der Waals surface area (Å²) >= 11 is 0. The van der Waals surface area contributed by atoms with Gasteiger partial charge in [0.05, 0.1) is 26.1 Å². The quantitative estimate of drug-likeness (QED) is 0.475. The van der Waals surface area contributed by atoms with Crippen LogP contribution in [0.3, 0.4) is 0 Å². The molecule has 1 fully saturated rings. The van der Waals surface area contributed by atoms with E-state index in [0.29, 0.717) is 35.6 Å². The lowest BCUT2D eigenvalue weighted by Gasteiger charge is -2.36. The maximum atomic E-state index is 13.1. The van der Waals surface area contributed by atoms with Gasteiger partial charge in [0.25, 0.3) is 5.56 Å². The van der Waals surface area contributed by atoms with Gasteiger partial charge in [-0.1, -0.05) is 18.2 Å². The van der Waals surface area contributed by atoms with Crippen LogP contribution in [-0.2, 0) is 11.3 Å². The molecular weight excluding hydrogens is 434 g/mol. The summed E-state index contributed by atoms with van der Waals surface area (Å²) in [6.07, 6.45) is 1.76. The normalized spacial score (nSPS) is 14.1. The van der Waals surface area contributed by atoms with Crippen LogP contribution in [-0.4, -0.2) is 65.7 Å². The Hall–Kier alpha value is -4.01. The van der Waals surface area contributed by atoms with Gasteiger partial charge in [-0.05, 0) is 18.2 Å². The number of benzene rings is 2. The van der Waals surface area contributed by atoms with Crippen LogP contribution in [0.25, 0.3) is 21.9 Å². The minimum Gasteiger partial charge on any atom is -0.493 e. The number of aryl methyl sites for hydroxylation is 1. The van der Waals surface area contributed by atoms with E-state index >= 15 is 0 Å². The van der Waals surface area contributed by atoms with Crippen molar-refractivity contribution >= 4 is 33.5 Å². The fourth-order valence-corrected chi connectivity index (χ4v) is 4.51. The molecule has 9 nitrogen and oxygen atoms in total. The van der Waals surface area contributed by atoms with Gasteiger partial charge in [0, 0.05) is 56.3 Å². The molecule has 34 heavy (non-hydrogen) atoms. The first-order valence-electron chi connectivity index (χ1n) is 11.3. The Kier molecular flexibility index (Phi) is 5.83. The fraction of sp³-hybridized carbons (Fsp3) is 0.320. The number of para-hydroxylation sites is 1. The molecule has 1 N–H and O–H groups in total. The molecule has 0 unspecified atom stereocenters. The maximum Gasteiger partial charge on any atom is 0.277 e. The monoisotopic (exact) mass is 461 g/mol. The third kappa shape index (κ3) is 3.93. The van der Waals surface area contributed by atoms with Gasteiger partial charge in [-0.3, -0.25) is 14.2 Å². The Labute approximate surface area is 196 Å². The average Bonchev–Trinajstić information content (AvgIpc) is 3.26. The minimum atomic E-state index is -0.208. The van der Waals surface area contributed by atoms with Crippen LogP contribution < -0.4 is 19.9 Å². The fourth-order valence-electron chi connectivity index (χ4n) is 4.51. The van der Waals surface area contributed by atoms with Crippen molar-refractivity contribution < 1.29 is 14.3 Å². The van der Waals surface area contributed by atoms with E-state index in [1.165, 1.54) is 16.6 Å². The van der Waals surface area contributed by atoms with E-state index in [0.717, 1.165) is 24.0 Å². The van der Waals surface area contributed by atoms with Crippen LogP contribution in [0.4, 0.5) is 5.69 Å². The van der Waals surface area contributed by atoms with Gasteiger partial charge in [-0.2, -0.15) is 0 Å². The number of nitrogens with one attached hydrogen (secondary N) is 1. The molecule has 3 heterocycles. The number of fused-ring (bicyclic) bond motifs is 3. The summed E-state index contributed by atoms with van der Waals surface area (Å²) < 4.78 is 12.2. The first-order valence-corrected chi connectivity index (χ1v) is 11.3. The largest absolute Gasteiger partial charge is 0.493 e. The zero-order valence-corrected chi connectivity index (χ0v) is 19.3. The molecule has 0 aliphatic carbocycles. The summed E-state index contributed by atoms with van der Waals surface area (Å²) in [5.41, 5.74) is 2.68. The van der Waals surface area contributed by atoms with Gasteiger partial charge in [0.15, 0.2) is 11.5 Å². The number of hydrogen-bond donors (Lipinski definition) is 1. The number of anilines is 1. The van der Waals surface area contributed by atoms with Gasteiger partial charge in [-0.25, -0.2) is 4.98 Å². The molecule has 2 aromatic carbocycles. The van der Waals surface area contributed by atoms with E-state index in [1.54, 1.807) is 20.3 Å². The molecule has 5 rings (SSSR count). The van der Waals surface area contributed by atoms with Gasteiger partial charge in [0.1, 0.15) is 11.0 Å². The number of aromatic amines is 1. The summed E-state index contributed by atoms with van der Waals surface area (Å²) in [5.74, 6) is 1.19. The predicted octanol–water partition coefficient (Wildman–Crippen LogP) is 2.63. The summed E-state index contributed by atoms with van der Waals surface area (Å²) in [5, 5.41) is 0.782. The van der Waals surface area contributed by atoms with Crippen LogP contribution in [0.1, 0.15) is 6.42 Å². The smallest absolute Gasteiger partial charge is 0.277 e. The highest BCUT2D eigenvalue weighted by Gasteiger charge is 2.21. The topological polar surface area (TPSA) is 92.7 Å². The van der Waals surface area contributed by atoms with E-state index in [9.17, 15) is 9.59 Å². The highest BCUT2D eigenvalue weighted by Crippen LogP contribution is 2.34. The Morgan fingerprint density at radius 3 is 2.44 bits per heavy atom. The number of aromatic nitrogens is 3. The van der Waals surface area contributed by atoms with Crippen LogP contribution in [0.15, 0.2) is 53.6 Å². The lowest BCUT2D eigenvalue weighted by atomic mass is 10.2. The van der Waals surface area contributed by atoms with Gasteiger partial charge < -0.3 is 24.3 Å². The maximum absolute atomic E-state index is 13.1. The molecule has 0 atom stereocenters. The van der Waals surface area contributed by atoms with Crippen LogP contribution in [0, 0.1) is 0 Å². The number of H-pyrrole nitrogens is 1. The number of ether oxygens (including phenoxy) is 2. The Morgan fingerprint density at radius 2 is 1.74 bits per heavy atom. The highest BCUT2D eigenvalue weighted by molar-refractivity contribution is 6.05. The second-order valence-electron chi connectivity index (χ2n) is 8.30. The summed E-state index contributed by atoms with van der Waals surface area (Å²) in [7, 11) is 3.13. The van der Waals surface area contributed by atoms with Gasteiger partial charge in [-0.15, -0.1) is 0 Å². The second kappa shape index (κ2) is 9.09. The Bertz CT molecular complexity index is 1390. The van der Waals surface area contributed by atoms with E-state index in [4.69, 9.17) is 9.47 Å². The number of rotatable bonds is 6. The van der Waals surface area contributed by atoms with Crippen LogP contribution >= 0.6 is 0 Å². The first kappa shape index (κ1) is 21.8.